The van der Waals surface area contributed by atoms with Crippen LogP contribution in [0.4, 0.5) is 4.39 Å². The fourth-order valence-corrected chi connectivity index (χ4v) is 2.66. The van der Waals surface area contributed by atoms with Crippen molar-refractivity contribution in [3.8, 4) is 0 Å². The van der Waals surface area contributed by atoms with Gasteiger partial charge >= 0.3 is 5.97 Å². The monoisotopic (exact) mass is 281 g/mol. The maximum absolute atomic E-state index is 13.2. The first-order chi connectivity index (χ1) is 9.61. The number of hydrogen-bond donors (Lipinski definition) is 1. The van der Waals surface area contributed by atoms with Gasteiger partial charge in [0.25, 0.3) is 0 Å². The number of halogens is 1. The molecule has 1 aliphatic heterocycles. The van der Waals surface area contributed by atoms with E-state index in [4.69, 9.17) is 4.74 Å². The van der Waals surface area contributed by atoms with Crippen LogP contribution in [0.5, 0.6) is 0 Å². The van der Waals surface area contributed by atoms with Crippen molar-refractivity contribution in [2.45, 2.75) is 25.9 Å². The lowest BCUT2D eigenvalue weighted by Crippen LogP contribution is -2.43. The van der Waals surface area contributed by atoms with Crippen molar-refractivity contribution in [3.63, 3.8) is 0 Å². The van der Waals surface area contributed by atoms with Crippen molar-refractivity contribution in [1.29, 1.82) is 0 Å². The molecule has 1 aromatic carbocycles. The topological polar surface area (TPSA) is 49.8 Å². The zero-order valence-corrected chi connectivity index (χ0v) is 11.6. The first-order valence-electron chi connectivity index (χ1n) is 6.91. The van der Waals surface area contributed by atoms with Crippen LogP contribution in [0.1, 0.15) is 18.9 Å². The van der Waals surface area contributed by atoms with E-state index >= 15 is 0 Å². The first-order valence-corrected chi connectivity index (χ1v) is 6.91. The van der Waals surface area contributed by atoms with Gasteiger partial charge in [0.05, 0.1) is 19.1 Å². The molecule has 0 spiro atoms. The lowest BCUT2D eigenvalue weighted by molar-refractivity contribution is -0.143. The molecule has 1 saturated heterocycles. The van der Waals surface area contributed by atoms with Gasteiger partial charge in [0.1, 0.15) is 5.82 Å². The Hall–Kier alpha value is -1.46. The molecule has 2 atom stereocenters. The molecule has 2 rings (SSSR count). The Morgan fingerprint density at radius 1 is 1.50 bits per heavy atom. The number of carbonyl (C=O) groups is 1. The van der Waals surface area contributed by atoms with Crippen LogP contribution in [0.2, 0.25) is 0 Å². The molecule has 1 N–H and O–H groups in total. The summed E-state index contributed by atoms with van der Waals surface area (Å²) in [6, 6.07) is 6.29. The maximum Gasteiger partial charge on any atom is 0.310 e. The molecule has 0 bridgehead atoms. The van der Waals surface area contributed by atoms with Crippen molar-refractivity contribution >= 4 is 5.97 Å². The van der Waals surface area contributed by atoms with Gasteiger partial charge in [0.15, 0.2) is 0 Å². The number of hydrogen-bond acceptors (Lipinski definition) is 3. The van der Waals surface area contributed by atoms with Gasteiger partial charge in [0.2, 0.25) is 0 Å². The summed E-state index contributed by atoms with van der Waals surface area (Å²) in [5.74, 6) is -1.60. The number of nitrogens with zero attached hydrogens (tertiary/aromatic N) is 1. The third-order valence-corrected chi connectivity index (χ3v) is 3.62. The lowest BCUT2D eigenvalue weighted by Gasteiger charge is -2.30. The molecule has 4 nitrogen and oxygen atoms in total. The van der Waals surface area contributed by atoms with Gasteiger partial charge < -0.3 is 9.84 Å². The van der Waals surface area contributed by atoms with E-state index in [-0.39, 0.29) is 18.5 Å². The van der Waals surface area contributed by atoms with E-state index < -0.39 is 11.9 Å². The Bertz CT molecular complexity index is 466. The molecule has 0 aromatic heterocycles. The predicted molar refractivity (Wildman–Crippen MR) is 72.8 cm³/mol. The summed E-state index contributed by atoms with van der Waals surface area (Å²) in [7, 11) is 0. The van der Waals surface area contributed by atoms with E-state index in [9.17, 15) is 14.3 Å². The van der Waals surface area contributed by atoms with Crippen molar-refractivity contribution < 1.29 is 19.0 Å². The van der Waals surface area contributed by atoms with Gasteiger partial charge in [-0.15, -0.1) is 0 Å². The zero-order valence-electron chi connectivity index (χ0n) is 11.6. The second-order valence-electron chi connectivity index (χ2n) is 5.15. The SMILES string of the molecule is CCCN(Cc1cccc(F)c1)C1COCC1C(=O)O. The third-order valence-electron chi connectivity index (χ3n) is 3.62. The number of rotatable bonds is 6. The number of benzene rings is 1. The molecule has 0 aliphatic carbocycles. The Balaban J connectivity index is 2.12. The van der Waals surface area contributed by atoms with Crippen LogP contribution in [0.15, 0.2) is 24.3 Å². The van der Waals surface area contributed by atoms with E-state index in [0.717, 1.165) is 18.5 Å². The average Bonchev–Trinajstić information content (AvgIpc) is 2.87. The molecule has 1 aliphatic rings. The number of aliphatic carboxylic acids is 1. The first kappa shape index (κ1) is 14.9. The summed E-state index contributed by atoms with van der Waals surface area (Å²) >= 11 is 0. The highest BCUT2D eigenvalue weighted by molar-refractivity contribution is 5.71. The average molecular weight is 281 g/mol. The van der Waals surface area contributed by atoms with Gasteiger partial charge in [-0.1, -0.05) is 19.1 Å². The standard InChI is InChI=1S/C15H20FNO3/c1-2-6-17(8-11-4-3-5-12(16)7-11)14-10-20-9-13(14)15(18)19/h3-5,7,13-14H,2,6,8-10H2,1H3,(H,18,19). The third kappa shape index (κ3) is 3.55. The van der Waals surface area contributed by atoms with Crippen molar-refractivity contribution in [2.24, 2.45) is 5.92 Å². The summed E-state index contributed by atoms with van der Waals surface area (Å²) in [6.45, 7) is 4.04. The quantitative estimate of drug-likeness (QED) is 0.868. The number of carboxylic acid groups (broad SMARTS) is 1. The Kier molecular flexibility index (Phi) is 5.09. The molecule has 2 unspecified atom stereocenters. The normalized spacial score (nSPS) is 22.4. The second-order valence-corrected chi connectivity index (χ2v) is 5.15. The van der Waals surface area contributed by atoms with Gasteiger partial charge in [-0.3, -0.25) is 9.69 Å². The molecule has 0 amide bonds. The minimum Gasteiger partial charge on any atom is -0.481 e. The van der Waals surface area contributed by atoms with Gasteiger partial charge in [-0.2, -0.15) is 0 Å². The molecule has 0 radical (unpaired) electrons. The zero-order chi connectivity index (χ0) is 14.5. The highest BCUT2D eigenvalue weighted by atomic mass is 19.1. The summed E-state index contributed by atoms with van der Waals surface area (Å²) in [5, 5.41) is 9.24. The van der Waals surface area contributed by atoms with E-state index in [1.165, 1.54) is 12.1 Å². The molecule has 1 aromatic rings. The largest absolute Gasteiger partial charge is 0.481 e. The van der Waals surface area contributed by atoms with Gasteiger partial charge in [-0.05, 0) is 30.7 Å². The summed E-state index contributed by atoms with van der Waals surface area (Å²) in [6.07, 6.45) is 0.915. The van der Waals surface area contributed by atoms with E-state index in [0.29, 0.717) is 13.2 Å². The molecule has 110 valence electrons. The van der Waals surface area contributed by atoms with Crippen LogP contribution in [-0.4, -0.2) is 41.8 Å². The fourth-order valence-electron chi connectivity index (χ4n) is 2.66. The molecule has 0 saturated carbocycles. The van der Waals surface area contributed by atoms with E-state index in [1.54, 1.807) is 6.07 Å². The van der Waals surface area contributed by atoms with Crippen LogP contribution in [0.3, 0.4) is 0 Å². The summed E-state index contributed by atoms with van der Waals surface area (Å²) in [4.78, 5) is 13.3. The van der Waals surface area contributed by atoms with Crippen molar-refractivity contribution in [2.75, 3.05) is 19.8 Å². The van der Waals surface area contributed by atoms with Crippen molar-refractivity contribution in [3.05, 3.63) is 35.6 Å². The maximum atomic E-state index is 13.2. The molecule has 20 heavy (non-hydrogen) atoms. The van der Waals surface area contributed by atoms with Gasteiger partial charge in [-0.25, -0.2) is 4.39 Å². The highest BCUT2D eigenvalue weighted by Gasteiger charge is 2.37. The minimum absolute atomic E-state index is 0.143. The molecular weight excluding hydrogens is 261 g/mol. The van der Waals surface area contributed by atoms with Crippen LogP contribution < -0.4 is 0 Å². The van der Waals surface area contributed by atoms with E-state index in [1.807, 2.05) is 13.0 Å². The number of ether oxygens (including phenoxy) is 1. The minimum atomic E-state index is -0.826. The lowest BCUT2D eigenvalue weighted by atomic mass is 10.0. The predicted octanol–water partition coefficient (Wildman–Crippen LogP) is 2.14. The van der Waals surface area contributed by atoms with E-state index in [2.05, 4.69) is 4.90 Å². The highest BCUT2D eigenvalue weighted by Crippen LogP contribution is 2.22. The molecule has 1 heterocycles. The summed E-state index contributed by atoms with van der Waals surface area (Å²) in [5.41, 5.74) is 0.856. The Morgan fingerprint density at radius 2 is 2.30 bits per heavy atom. The fraction of sp³-hybridized carbons (Fsp3) is 0.533. The van der Waals surface area contributed by atoms with Gasteiger partial charge in [0, 0.05) is 12.6 Å². The Labute approximate surface area is 118 Å². The molecule has 1 fully saturated rings. The second kappa shape index (κ2) is 6.81. The van der Waals surface area contributed by atoms with Crippen LogP contribution in [0.25, 0.3) is 0 Å². The molecular formula is C15H20FNO3. The smallest absolute Gasteiger partial charge is 0.310 e. The number of carboxylic acids is 1. The van der Waals surface area contributed by atoms with Crippen LogP contribution in [-0.2, 0) is 16.1 Å². The van der Waals surface area contributed by atoms with Crippen LogP contribution >= 0.6 is 0 Å². The molecule has 5 heteroatoms. The van der Waals surface area contributed by atoms with Crippen LogP contribution in [0, 0.1) is 11.7 Å². The summed E-state index contributed by atoms with van der Waals surface area (Å²) < 4.78 is 18.6. The Morgan fingerprint density at radius 3 is 2.95 bits per heavy atom. The van der Waals surface area contributed by atoms with Crippen molar-refractivity contribution in [1.82, 2.24) is 4.90 Å².